The SMILES string of the molecule is Cn1c(=O)c(C(=O)Nc2ncc(F)s2)cc2c(NCCO[Si](C)(C)C(C)(C)C)cccc21. The molecule has 0 saturated heterocycles. The maximum atomic E-state index is 13.2. The van der Waals surface area contributed by atoms with Gasteiger partial charge < -0.3 is 14.3 Å². The van der Waals surface area contributed by atoms with E-state index in [9.17, 15) is 14.0 Å². The average Bonchev–Trinajstić information content (AvgIpc) is 3.11. The van der Waals surface area contributed by atoms with Crippen molar-refractivity contribution in [2.24, 2.45) is 7.05 Å². The van der Waals surface area contributed by atoms with Crippen molar-refractivity contribution in [3.8, 4) is 0 Å². The normalized spacial score (nSPS) is 12.2. The smallest absolute Gasteiger partial charge is 0.263 e. The molecule has 0 atom stereocenters. The average molecular weight is 477 g/mol. The fraction of sp³-hybridized carbons (Fsp3) is 0.409. The highest BCUT2D eigenvalue weighted by molar-refractivity contribution is 7.14. The van der Waals surface area contributed by atoms with E-state index < -0.39 is 24.9 Å². The van der Waals surface area contributed by atoms with Crippen LogP contribution in [0.25, 0.3) is 10.9 Å². The van der Waals surface area contributed by atoms with E-state index in [0.717, 1.165) is 17.3 Å². The Morgan fingerprint density at radius 2 is 2.03 bits per heavy atom. The minimum absolute atomic E-state index is 0.0395. The molecule has 1 aromatic carbocycles. The van der Waals surface area contributed by atoms with Gasteiger partial charge in [0.25, 0.3) is 11.5 Å². The summed E-state index contributed by atoms with van der Waals surface area (Å²) < 4.78 is 20.8. The zero-order valence-corrected chi connectivity index (χ0v) is 21.0. The van der Waals surface area contributed by atoms with Crippen LogP contribution in [0.2, 0.25) is 18.1 Å². The Balaban J connectivity index is 1.84. The van der Waals surface area contributed by atoms with Crippen molar-refractivity contribution < 1.29 is 13.6 Å². The van der Waals surface area contributed by atoms with Crippen molar-refractivity contribution in [1.82, 2.24) is 9.55 Å². The number of pyridine rings is 1. The monoisotopic (exact) mass is 476 g/mol. The zero-order valence-electron chi connectivity index (χ0n) is 19.2. The Bertz CT molecular complexity index is 1200. The van der Waals surface area contributed by atoms with Crippen molar-refractivity contribution in [3.05, 3.63) is 51.5 Å². The summed E-state index contributed by atoms with van der Waals surface area (Å²) in [5.74, 6) is -0.627. The molecule has 2 N–H and O–H groups in total. The quantitative estimate of drug-likeness (QED) is 0.377. The highest BCUT2D eigenvalue weighted by Crippen LogP contribution is 2.36. The van der Waals surface area contributed by atoms with Gasteiger partial charge in [0.05, 0.1) is 18.3 Å². The number of anilines is 2. The predicted octanol–water partition coefficient (Wildman–Crippen LogP) is 4.82. The minimum Gasteiger partial charge on any atom is -0.415 e. The first kappa shape index (κ1) is 24.1. The van der Waals surface area contributed by atoms with Crippen LogP contribution in [0.3, 0.4) is 0 Å². The molecular formula is C22H29FN4O3SSi. The van der Waals surface area contributed by atoms with Crippen molar-refractivity contribution >= 4 is 47.3 Å². The van der Waals surface area contributed by atoms with Gasteiger partial charge in [0, 0.05) is 24.7 Å². The van der Waals surface area contributed by atoms with Gasteiger partial charge in [-0.15, -0.1) is 0 Å². The summed E-state index contributed by atoms with van der Waals surface area (Å²) in [5.41, 5.74) is 1.02. The van der Waals surface area contributed by atoms with E-state index >= 15 is 0 Å². The third kappa shape index (κ3) is 5.08. The molecule has 32 heavy (non-hydrogen) atoms. The molecule has 0 aliphatic rings. The Kier molecular flexibility index (Phi) is 6.87. The largest absolute Gasteiger partial charge is 0.415 e. The molecule has 0 saturated carbocycles. The fourth-order valence-electron chi connectivity index (χ4n) is 3.00. The van der Waals surface area contributed by atoms with E-state index in [-0.39, 0.29) is 15.7 Å². The standard InChI is InChI=1S/C22H29FN4O3SSi/c1-22(2,3)32(5,6)30-11-10-24-16-8-7-9-17-14(16)12-15(20(29)27(17)4)19(28)26-21-25-13-18(23)31-21/h7-9,12-13,24H,10-11H2,1-6H3,(H,25,26,28). The molecule has 172 valence electrons. The van der Waals surface area contributed by atoms with E-state index in [1.807, 2.05) is 18.2 Å². The summed E-state index contributed by atoms with van der Waals surface area (Å²) in [6, 6.07) is 7.15. The number of nitrogens with zero attached hydrogens (tertiary/aromatic N) is 2. The first-order valence-corrected chi connectivity index (χ1v) is 14.1. The molecule has 7 nitrogen and oxygen atoms in total. The summed E-state index contributed by atoms with van der Waals surface area (Å²) in [5, 5.41) is 6.31. The lowest BCUT2D eigenvalue weighted by Gasteiger charge is -2.36. The fourth-order valence-corrected chi connectivity index (χ4v) is 4.58. The second kappa shape index (κ2) is 9.12. The molecule has 3 aromatic rings. The van der Waals surface area contributed by atoms with Gasteiger partial charge in [0.15, 0.2) is 18.6 Å². The number of carbonyl (C=O) groups excluding carboxylic acids is 1. The number of aromatic nitrogens is 2. The Morgan fingerprint density at radius 3 is 2.66 bits per heavy atom. The van der Waals surface area contributed by atoms with Gasteiger partial charge in [-0.3, -0.25) is 14.9 Å². The van der Waals surface area contributed by atoms with Crippen LogP contribution < -0.4 is 16.2 Å². The van der Waals surface area contributed by atoms with Crippen LogP contribution in [0.15, 0.2) is 35.3 Å². The van der Waals surface area contributed by atoms with Crippen LogP contribution >= 0.6 is 11.3 Å². The number of benzene rings is 1. The van der Waals surface area contributed by atoms with Crippen LogP contribution in [0.5, 0.6) is 0 Å². The van der Waals surface area contributed by atoms with E-state index in [0.29, 0.717) is 30.0 Å². The van der Waals surface area contributed by atoms with Crippen LogP contribution in [0, 0.1) is 5.13 Å². The van der Waals surface area contributed by atoms with Crippen LogP contribution in [0.1, 0.15) is 31.1 Å². The van der Waals surface area contributed by atoms with Gasteiger partial charge >= 0.3 is 0 Å². The Morgan fingerprint density at radius 1 is 1.31 bits per heavy atom. The van der Waals surface area contributed by atoms with Gasteiger partial charge in [-0.1, -0.05) is 38.2 Å². The summed E-state index contributed by atoms with van der Waals surface area (Å²) >= 11 is 0.703. The first-order chi connectivity index (χ1) is 14.9. The summed E-state index contributed by atoms with van der Waals surface area (Å²) in [7, 11) is -0.223. The molecule has 3 rings (SSSR count). The molecule has 0 bridgehead atoms. The maximum absolute atomic E-state index is 13.2. The number of rotatable bonds is 7. The van der Waals surface area contributed by atoms with Crippen LogP contribution in [0.4, 0.5) is 15.2 Å². The molecule has 0 radical (unpaired) electrons. The van der Waals surface area contributed by atoms with E-state index in [4.69, 9.17) is 4.43 Å². The van der Waals surface area contributed by atoms with E-state index in [2.05, 4.69) is 49.5 Å². The minimum atomic E-state index is -1.84. The molecule has 0 aliphatic heterocycles. The molecule has 1 amide bonds. The van der Waals surface area contributed by atoms with E-state index in [1.165, 1.54) is 4.57 Å². The molecule has 0 fully saturated rings. The molecule has 2 aromatic heterocycles. The predicted molar refractivity (Wildman–Crippen MR) is 131 cm³/mol. The number of hydrogen-bond acceptors (Lipinski definition) is 6. The third-order valence-electron chi connectivity index (χ3n) is 5.90. The highest BCUT2D eigenvalue weighted by atomic mass is 32.1. The third-order valence-corrected chi connectivity index (χ3v) is 11.1. The van der Waals surface area contributed by atoms with Crippen molar-refractivity contribution in [2.45, 2.75) is 38.9 Å². The molecule has 0 spiro atoms. The summed E-state index contributed by atoms with van der Waals surface area (Å²) in [6.07, 6.45) is 1.02. The zero-order chi connectivity index (χ0) is 23.7. The molecular weight excluding hydrogens is 447 g/mol. The van der Waals surface area contributed by atoms with Gasteiger partial charge in [0.1, 0.15) is 5.56 Å². The lowest BCUT2D eigenvalue weighted by Crippen LogP contribution is -2.41. The Hall–Kier alpha value is -2.56. The summed E-state index contributed by atoms with van der Waals surface area (Å²) in [4.78, 5) is 29.3. The van der Waals surface area contributed by atoms with Crippen LogP contribution in [-0.2, 0) is 11.5 Å². The summed E-state index contributed by atoms with van der Waals surface area (Å²) in [6.45, 7) is 12.2. The lowest BCUT2D eigenvalue weighted by atomic mass is 10.1. The molecule has 0 unspecified atom stereocenters. The number of nitrogens with one attached hydrogen (secondary N) is 2. The first-order valence-electron chi connectivity index (χ1n) is 10.3. The van der Waals surface area contributed by atoms with Gasteiger partial charge in [-0.2, -0.15) is 4.39 Å². The highest BCUT2D eigenvalue weighted by Gasteiger charge is 2.36. The van der Waals surface area contributed by atoms with Crippen molar-refractivity contribution in [1.29, 1.82) is 0 Å². The van der Waals surface area contributed by atoms with E-state index in [1.54, 1.807) is 13.1 Å². The second-order valence-electron chi connectivity index (χ2n) is 9.12. The number of hydrogen-bond donors (Lipinski definition) is 2. The Labute approximate surface area is 191 Å². The number of aryl methyl sites for hydroxylation is 1. The molecule has 2 heterocycles. The number of fused-ring (bicyclic) bond motifs is 1. The molecule has 0 aliphatic carbocycles. The lowest BCUT2D eigenvalue weighted by molar-refractivity contribution is 0.102. The van der Waals surface area contributed by atoms with Gasteiger partial charge in [-0.05, 0) is 36.3 Å². The van der Waals surface area contributed by atoms with Crippen LogP contribution in [-0.4, -0.2) is 36.9 Å². The second-order valence-corrected chi connectivity index (χ2v) is 14.9. The van der Waals surface area contributed by atoms with Gasteiger partial charge in [-0.25, -0.2) is 4.98 Å². The number of halogens is 1. The maximum Gasteiger partial charge on any atom is 0.263 e. The van der Waals surface area contributed by atoms with Crippen molar-refractivity contribution in [3.63, 3.8) is 0 Å². The molecule has 10 heteroatoms. The number of thiazole rings is 1. The van der Waals surface area contributed by atoms with Crippen molar-refractivity contribution in [2.75, 3.05) is 23.8 Å². The number of carbonyl (C=O) groups is 1. The topological polar surface area (TPSA) is 85.2 Å². The number of amides is 1. The van der Waals surface area contributed by atoms with Gasteiger partial charge in [0.2, 0.25) is 0 Å².